The van der Waals surface area contributed by atoms with Gasteiger partial charge in [0.1, 0.15) is 0 Å². The molecule has 0 radical (unpaired) electrons. The first kappa shape index (κ1) is 15.2. The van der Waals surface area contributed by atoms with E-state index in [0.717, 1.165) is 5.56 Å². The fourth-order valence-electron chi connectivity index (χ4n) is 1.85. The van der Waals surface area contributed by atoms with Crippen molar-refractivity contribution in [1.29, 1.82) is 0 Å². The zero-order valence-corrected chi connectivity index (χ0v) is 12.5. The van der Waals surface area contributed by atoms with Crippen LogP contribution in [0.1, 0.15) is 28.9 Å². The van der Waals surface area contributed by atoms with E-state index in [9.17, 15) is 13.2 Å². The molecule has 0 spiro atoms. The first-order valence-electron chi connectivity index (χ1n) is 6.19. The molecule has 3 N–H and O–H groups in total. The van der Waals surface area contributed by atoms with E-state index in [-0.39, 0.29) is 16.8 Å². The number of primary sulfonamides is 1. The monoisotopic (exact) mass is 308 g/mol. The van der Waals surface area contributed by atoms with E-state index < -0.39 is 10.0 Å². The molecule has 0 saturated heterocycles. The lowest BCUT2D eigenvalue weighted by molar-refractivity contribution is 0.0940. The summed E-state index contributed by atoms with van der Waals surface area (Å²) in [4.78, 5) is 12.0. The third kappa shape index (κ3) is 3.67. The van der Waals surface area contributed by atoms with Crippen molar-refractivity contribution in [1.82, 2.24) is 15.1 Å². The van der Waals surface area contributed by atoms with Crippen LogP contribution in [0.4, 0.5) is 0 Å². The zero-order valence-electron chi connectivity index (χ0n) is 11.6. The van der Waals surface area contributed by atoms with Crippen LogP contribution in [0.3, 0.4) is 0 Å². The first-order valence-corrected chi connectivity index (χ1v) is 7.74. The molecule has 21 heavy (non-hydrogen) atoms. The smallest absolute Gasteiger partial charge is 0.254 e. The molecule has 2 rings (SSSR count). The predicted molar refractivity (Wildman–Crippen MR) is 76.9 cm³/mol. The number of hydrogen-bond donors (Lipinski definition) is 2. The number of nitrogens with zero attached hydrogens (tertiary/aromatic N) is 2. The molecule has 2 aromatic rings. The number of carbonyl (C=O) groups excluding carboxylic acids is 1. The van der Waals surface area contributed by atoms with Gasteiger partial charge in [0.05, 0.1) is 22.7 Å². The number of aryl methyl sites for hydroxylation is 1. The SMILES string of the molecule is CC(NC(=O)c1cnn(C)c1)c1ccc(S(N)(=O)=O)cc1. The topological polar surface area (TPSA) is 107 Å². The Hall–Kier alpha value is -2.19. The van der Waals surface area contributed by atoms with Crippen molar-refractivity contribution in [2.45, 2.75) is 17.9 Å². The van der Waals surface area contributed by atoms with Crippen molar-refractivity contribution >= 4 is 15.9 Å². The molecule has 7 nitrogen and oxygen atoms in total. The molecule has 1 unspecified atom stereocenters. The molecule has 0 aliphatic rings. The van der Waals surface area contributed by atoms with Crippen LogP contribution in [0, 0.1) is 0 Å². The van der Waals surface area contributed by atoms with E-state index in [2.05, 4.69) is 10.4 Å². The molecule has 112 valence electrons. The molecule has 1 aromatic heterocycles. The van der Waals surface area contributed by atoms with Crippen molar-refractivity contribution < 1.29 is 13.2 Å². The highest BCUT2D eigenvalue weighted by Gasteiger charge is 2.14. The highest BCUT2D eigenvalue weighted by atomic mass is 32.2. The van der Waals surface area contributed by atoms with Crippen molar-refractivity contribution in [3.8, 4) is 0 Å². The summed E-state index contributed by atoms with van der Waals surface area (Å²) in [7, 11) is -1.98. The molecule has 0 aliphatic carbocycles. The van der Waals surface area contributed by atoms with E-state index in [0.29, 0.717) is 5.56 Å². The Morgan fingerprint density at radius 2 is 1.95 bits per heavy atom. The van der Waals surface area contributed by atoms with Gasteiger partial charge in [-0.1, -0.05) is 12.1 Å². The number of amides is 1. The average Bonchev–Trinajstić information content (AvgIpc) is 2.84. The molecule has 0 bridgehead atoms. The van der Waals surface area contributed by atoms with Crippen LogP contribution in [0.25, 0.3) is 0 Å². The van der Waals surface area contributed by atoms with Gasteiger partial charge in [-0.05, 0) is 24.6 Å². The molecule has 1 heterocycles. The summed E-state index contributed by atoms with van der Waals surface area (Å²) in [6.45, 7) is 1.81. The maximum Gasteiger partial charge on any atom is 0.254 e. The van der Waals surface area contributed by atoms with Gasteiger partial charge in [-0.25, -0.2) is 13.6 Å². The van der Waals surface area contributed by atoms with Crippen LogP contribution < -0.4 is 10.5 Å². The van der Waals surface area contributed by atoms with Crippen LogP contribution in [-0.2, 0) is 17.1 Å². The third-order valence-electron chi connectivity index (χ3n) is 3.02. The van der Waals surface area contributed by atoms with Crippen LogP contribution >= 0.6 is 0 Å². The Labute approximate surface area is 122 Å². The van der Waals surface area contributed by atoms with Crippen molar-refractivity contribution in [3.63, 3.8) is 0 Å². The minimum absolute atomic E-state index is 0.0389. The summed E-state index contributed by atoms with van der Waals surface area (Å²) in [6.07, 6.45) is 3.10. The van der Waals surface area contributed by atoms with E-state index in [1.165, 1.54) is 18.3 Å². The first-order chi connectivity index (χ1) is 9.77. The van der Waals surface area contributed by atoms with Crippen LogP contribution in [0.15, 0.2) is 41.6 Å². The normalized spacial score (nSPS) is 12.9. The van der Waals surface area contributed by atoms with E-state index in [4.69, 9.17) is 5.14 Å². The number of nitrogens with two attached hydrogens (primary N) is 1. The number of nitrogens with one attached hydrogen (secondary N) is 1. The van der Waals surface area contributed by atoms with Gasteiger partial charge in [0.2, 0.25) is 10.0 Å². The number of sulfonamides is 1. The zero-order chi connectivity index (χ0) is 15.6. The Morgan fingerprint density at radius 1 is 1.33 bits per heavy atom. The Bertz CT molecular complexity index is 750. The number of hydrogen-bond acceptors (Lipinski definition) is 4. The maximum absolute atomic E-state index is 12.0. The summed E-state index contributed by atoms with van der Waals surface area (Å²) in [5.74, 6) is -0.244. The Kier molecular flexibility index (Phi) is 4.10. The summed E-state index contributed by atoms with van der Waals surface area (Å²) in [5.41, 5.74) is 1.24. The minimum atomic E-state index is -3.71. The van der Waals surface area contributed by atoms with Gasteiger partial charge in [-0.15, -0.1) is 0 Å². The maximum atomic E-state index is 12.0. The molecule has 0 saturated carbocycles. The minimum Gasteiger partial charge on any atom is -0.345 e. The van der Waals surface area contributed by atoms with Crippen LogP contribution in [-0.4, -0.2) is 24.1 Å². The lowest BCUT2D eigenvalue weighted by Crippen LogP contribution is -2.26. The molecule has 0 aliphatic heterocycles. The lowest BCUT2D eigenvalue weighted by atomic mass is 10.1. The summed E-state index contributed by atoms with van der Waals surface area (Å²) in [6, 6.07) is 5.80. The van der Waals surface area contributed by atoms with Crippen LogP contribution in [0.5, 0.6) is 0 Å². The second kappa shape index (κ2) is 5.66. The molecular weight excluding hydrogens is 292 g/mol. The number of benzene rings is 1. The molecule has 8 heteroatoms. The summed E-state index contributed by atoms with van der Waals surface area (Å²) >= 11 is 0. The van der Waals surface area contributed by atoms with Gasteiger partial charge in [-0.3, -0.25) is 9.48 Å². The third-order valence-corrected chi connectivity index (χ3v) is 3.95. The highest BCUT2D eigenvalue weighted by Crippen LogP contribution is 2.16. The lowest BCUT2D eigenvalue weighted by Gasteiger charge is -2.14. The van der Waals surface area contributed by atoms with Gasteiger partial charge in [0.25, 0.3) is 5.91 Å². The highest BCUT2D eigenvalue weighted by molar-refractivity contribution is 7.89. The van der Waals surface area contributed by atoms with Crippen molar-refractivity contribution in [2.24, 2.45) is 12.2 Å². The number of carbonyl (C=O) groups is 1. The van der Waals surface area contributed by atoms with Gasteiger partial charge < -0.3 is 5.32 Å². The summed E-state index contributed by atoms with van der Waals surface area (Å²) < 4.78 is 23.9. The second-order valence-corrected chi connectivity index (χ2v) is 6.27. The standard InChI is InChI=1S/C13H16N4O3S/c1-9(16-13(18)11-7-15-17(2)8-11)10-3-5-12(6-4-10)21(14,19)20/h3-9H,1-2H3,(H,16,18)(H2,14,19,20). The fraction of sp³-hybridized carbons (Fsp3) is 0.231. The van der Waals surface area contributed by atoms with Crippen molar-refractivity contribution in [3.05, 3.63) is 47.8 Å². The number of rotatable bonds is 4. The van der Waals surface area contributed by atoms with E-state index in [1.807, 2.05) is 0 Å². The van der Waals surface area contributed by atoms with Gasteiger partial charge in [0, 0.05) is 13.2 Å². The van der Waals surface area contributed by atoms with Gasteiger partial charge >= 0.3 is 0 Å². The fourth-order valence-corrected chi connectivity index (χ4v) is 2.36. The predicted octanol–water partition coefficient (Wildman–Crippen LogP) is 0.558. The van der Waals surface area contributed by atoms with Gasteiger partial charge in [-0.2, -0.15) is 5.10 Å². The van der Waals surface area contributed by atoms with Gasteiger partial charge in [0.15, 0.2) is 0 Å². The quantitative estimate of drug-likeness (QED) is 0.860. The molecule has 1 atom stereocenters. The number of aromatic nitrogens is 2. The molecule has 1 amide bonds. The van der Waals surface area contributed by atoms with Crippen LogP contribution in [0.2, 0.25) is 0 Å². The largest absolute Gasteiger partial charge is 0.345 e. The van der Waals surface area contributed by atoms with E-state index in [1.54, 1.807) is 37.0 Å². The molecular formula is C13H16N4O3S. The Morgan fingerprint density at radius 3 is 2.43 bits per heavy atom. The van der Waals surface area contributed by atoms with E-state index >= 15 is 0 Å². The average molecular weight is 308 g/mol. The summed E-state index contributed by atoms with van der Waals surface area (Å²) in [5, 5.41) is 11.8. The Balaban J connectivity index is 2.10. The molecule has 1 aromatic carbocycles. The molecule has 0 fully saturated rings. The second-order valence-electron chi connectivity index (χ2n) is 4.71. The van der Waals surface area contributed by atoms with Crippen molar-refractivity contribution in [2.75, 3.05) is 0 Å².